The first-order valence-corrected chi connectivity index (χ1v) is 8.41. The van der Waals surface area contributed by atoms with Gasteiger partial charge in [0, 0.05) is 24.3 Å². The van der Waals surface area contributed by atoms with Gasteiger partial charge in [0.05, 0.1) is 11.0 Å². The van der Waals surface area contributed by atoms with Crippen LogP contribution in [-0.4, -0.2) is 37.0 Å². The lowest BCUT2D eigenvalue weighted by Gasteiger charge is -2.32. The SMILES string of the molecule is Cc1c(N)cc(S(=O)(=O)N2CCC(C(C)O)CC2)cc1F. The number of halogens is 1. The van der Waals surface area contributed by atoms with E-state index in [2.05, 4.69) is 0 Å². The summed E-state index contributed by atoms with van der Waals surface area (Å²) in [6.45, 7) is 3.88. The monoisotopic (exact) mass is 316 g/mol. The Balaban J connectivity index is 2.24. The largest absolute Gasteiger partial charge is 0.398 e. The van der Waals surface area contributed by atoms with Gasteiger partial charge in [0.25, 0.3) is 0 Å². The van der Waals surface area contributed by atoms with Crippen LogP contribution in [0.3, 0.4) is 0 Å². The van der Waals surface area contributed by atoms with Gasteiger partial charge in [-0.25, -0.2) is 12.8 Å². The van der Waals surface area contributed by atoms with E-state index in [4.69, 9.17) is 5.73 Å². The second-order valence-electron chi connectivity index (χ2n) is 5.60. The highest BCUT2D eigenvalue weighted by molar-refractivity contribution is 7.89. The first kappa shape index (κ1) is 16.2. The van der Waals surface area contributed by atoms with Crippen molar-refractivity contribution in [2.45, 2.75) is 37.7 Å². The topological polar surface area (TPSA) is 83.6 Å². The number of benzene rings is 1. The lowest BCUT2D eigenvalue weighted by molar-refractivity contribution is 0.0912. The summed E-state index contributed by atoms with van der Waals surface area (Å²) in [7, 11) is -3.74. The van der Waals surface area contributed by atoms with Crippen molar-refractivity contribution in [2.75, 3.05) is 18.8 Å². The van der Waals surface area contributed by atoms with Gasteiger partial charge in [0.1, 0.15) is 5.82 Å². The summed E-state index contributed by atoms with van der Waals surface area (Å²) in [4.78, 5) is -0.112. The number of hydrogen-bond donors (Lipinski definition) is 2. The smallest absolute Gasteiger partial charge is 0.243 e. The number of aliphatic hydroxyl groups is 1. The lowest BCUT2D eigenvalue weighted by atomic mass is 9.93. The third kappa shape index (κ3) is 3.20. The Hall–Kier alpha value is -1.18. The van der Waals surface area contributed by atoms with Crippen LogP contribution >= 0.6 is 0 Å². The van der Waals surface area contributed by atoms with Crippen molar-refractivity contribution in [1.29, 1.82) is 0 Å². The molecule has 0 bridgehead atoms. The van der Waals surface area contributed by atoms with E-state index in [-0.39, 0.29) is 22.1 Å². The number of anilines is 1. The molecule has 1 aromatic carbocycles. The number of aliphatic hydroxyl groups excluding tert-OH is 1. The second kappa shape index (κ2) is 5.90. The Morgan fingerprint density at radius 1 is 1.38 bits per heavy atom. The molecule has 0 aliphatic carbocycles. The van der Waals surface area contributed by atoms with Crippen molar-refractivity contribution in [3.63, 3.8) is 0 Å². The molecule has 1 heterocycles. The molecule has 1 fully saturated rings. The first-order chi connectivity index (χ1) is 9.73. The third-order valence-corrected chi connectivity index (χ3v) is 6.05. The highest BCUT2D eigenvalue weighted by Crippen LogP contribution is 2.28. The van der Waals surface area contributed by atoms with Gasteiger partial charge in [0.2, 0.25) is 10.0 Å². The molecule has 0 spiro atoms. The number of hydrogen-bond acceptors (Lipinski definition) is 4. The van der Waals surface area contributed by atoms with Gasteiger partial charge in [-0.1, -0.05) is 0 Å². The Labute approximate surface area is 124 Å². The molecule has 5 nitrogen and oxygen atoms in total. The van der Waals surface area contributed by atoms with Crippen LogP contribution in [0.25, 0.3) is 0 Å². The summed E-state index contributed by atoms with van der Waals surface area (Å²) < 4.78 is 40.1. The summed E-state index contributed by atoms with van der Waals surface area (Å²) in [5, 5.41) is 9.55. The van der Waals surface area contributed by atoms with Gasteiger partial charge in [-0.15, -0.1) is 0 Å². The van der Waals surface area contributed by atoms with E-state index in [1.165, 1.54) is 17.3 Å². The fourth-order valence-corrected chi connectivity index (χ4v) is 4.09. The van der Waals surface area contributed by atoms with E-state index >= 15 is 0 Å². The van der Waals surface area contributed by atoms with Crippen LogP contribution in [-0.2, 0) is 10.0 Å². The molecule has 1 saturated heterocycles. The van der Waals surface area contributed by atoms with Crippen molar-refractivity contribution < 1.29 is 17.9 Å². The van der Waals surface area contributed by atoms with E-state index in [1.54, 1.807) is 6.92 Å². The molecule has 1 aliphatic heterocycles. The average Bonchev–Trinajstić information content (AvgIpc) is 2.44. The predicted octanol–water partition coefficient (Wildman–Crippen LogP) is 1.50. The van der Waals surface area contributed by atoms with Crippen molar-refractivity contribution in [3.8, 4) is 0 Å². The van der Waals surface area contributed by atoms with E-state index in [9.17, 15) is 17.9 Å². The highest BCUT2D eigenvalue weighted by atomic mass is 32.2. The normalized spacial score (nSPS) is 19.6. The Bertz CT molecular complexity index is 600. The van der Waals surface area contributed by atoms with Crippen LogP contribution in [0.4, 0.5) is 10.1 Å². The van der Waals surface area contributed by atoms with E-state index in [1.807, 2.05) is 0 Å². The zero-order chi connectivity index (χ0) is 15.8. The third-order valence-electron chi connectivity index (χ3n) is 4.18. The summed E-state index contributed by atoms with van der Waals surface area (Å²) in [5.41, 5.74) is 6.04. The van der Waals surface area contributed by atoms with Crippen LogP contribution in [0.5, 0.6) is 0 Å². The maximum absolute atomic E-state index is 13.7. The van der Waals surface area contributed by atoms with E-state index in [0.29, 0.717) is 25.9 Å². The number of nitrogens with two attached hydrogens (primary N) is 1. The van der Waals surface area contributed by atoms with Crippen LogP contribution in [0.1, 0.15) is 25.3 Å². The number of nitrogen functional groups attached to an aromatic ring is 1. The zero-order valence-electron chi connectivity index (χ0n) is 12.2. The number of sulfonamides is 1. The minimum atomic E-state index is -3.74. The standard InChI is InChI=1S/C14H21FN2O3S/c1-9-13(15)7-12(8-14(9)16)21(19,20)17-5-3-11(4-6-17)10(2)18/h7-8,10-11,18H,3-6,16H2,1-2H3. The Kier molecular flexibility index (Phi) is 4.55. The average molecular weight is 316 g/mol. The molecule has 0 radical (unpaired) electrons. The van der Waals surface area contributed by atoms with Crippen molar-refractivity contribution in [2.24, 2.45) is 5.92 Å². The minimum absolute atomic E-state index is 0.108. The number of piperidine rings is 1. The summed E-state index contributed by atoms with van der Waals surface area (Å²) in [6, 6.07) is 2.32. The van der Waals surface area contributed by atoms with E-state index in [0.717, 1.165) is 6.07 Å². The van der Waals surface area contributed by atoms with Gasteiger partial charge in [-0.3, -0.25) is 0 Å². The number of rotatable bonds is 3. The van der Waals surface area contributed by atoms with Gasteiger partial charge in [-0.2, -0.15) is 4.31 Å². The van der Waals surface area contributed by atoms with Crippen molar-refractivity contribution in [3.05, 3.63) is 23.5 Å². The molecule has 7 heteroatoms. The maximum atomic E-state index is 13.7. The molecule has 1 aromatic rings. The molecular weight excluding hydrogens is 295 g/mol. The summed E-state index contributed by atoms with van der Waals surface area (Å²) in [6.07, 6.45) is 0.754. The predicted molar refractivity (Wildman–Crippen MR) is 78.7 cm³/mol. The molecular formula is C14H21FN2O3S. The quantitative estimate of drug-likeness (QED) is 0.828. The molecule has 3 N–H and O–H groups in total. The van der Waals surface area contributed by atoms with Crippen LogP contribution < -0.4 is 5.73 Å². The molecule has 1 atom stereocenters. The molecule has 2 rings (SSSR count). The molecule has 118 valence electrons. The number of nitrogens with zero attached hydrogens (tertiary/aromatic N) is 1. The Morgan fingerprint density at radius 2 is 1.95 bits per heavy atom. The maximum Gasteiger partial charge on any atom is 0.243 e. The lowest BCUT2D eigenvalue weighted by Crippen LogP contribution is -2.40. The Morgan fingerprint density at radius 3 is 2.43 bits per heavy atom. The van der Waals surface area contributed by atoms with Gasteiger partial charge in [-0.05, 0) is 44.7 Å². The zero-order valence-corrected chi connectivity index (χ0v) is 13.0. The van der Waals surface area contributed by atoms with Gasteiger partial charge in [0.15, 0.2) is 0 Å². The van der Waals surface area contributed by atoms with E-state index < -0.39 is 21.9 Å². The van der Waals surface area contributed by atoms with Gasteiger partial charge < -0.3 is 10.8 Å². The van der Waals surface area contributed by atoms with Crippen LogP contribution in [0, 0.1) is 18.7 Å². The molecule has 1 aliphatic rings. The first-order valence-electron chi connectivity index (χ1n) is 6.97. The molecule has 1 unspecified atom stereocenters. The molecule has 21 heavy (non-hydrogen) atoms. The summed E-state index contributed by atoms with van der Waals surface area (Å²) in [5.74, 6) is -0.510. The fourth-order valence-electron chi connectivity index (χ4n) is 2.57. The van der Waals surface area contributed by atoms with Crippen LogP contribution in [0.2, 0.25) is 0 Å². The van der Waals surface area contributed by atoms with Crippen molar-refractivity contribution in [1.82, 2.24) is 4.31 Å². The molecule has 0 saturated carbocycles. The van der Waals surface area contributed by atoms with Crippen LogP contribution in [0.15, 0.2) is 17.0 Å². The minimum Gasteiger partial charge on any atom is -0.398 e. The molecule has 0 aromatic heterocycles. The summed E-state index contributed by atoms with van der Waals surface area (Å²) >= 11 is 0. The second-order valence-corrected chi connectivity index (χ2v) is 7.54. The highest BCUT2D eigenvalue weighted by Gasteiger charge is 2.31. The fraction of sp³-hybridized carbons (Fsp3) is 0.571. The molecule has 0 amide bonds. The van der Waals surface area contributed by atoms with Crippen molar-refractivity contribution >= 4 is 15.7 Å². The van der Waals surface area contributed by atoms with Gasteiger partial charge >= 0.3 is 0 Å².